The number of nitrogens with zero attached hydrogens (tertiary/aromatic N) is 1. The van der Waals surface area contributed by atoms with Crippen LogP contribution in [0, 0.1) is 11.3 Å². The fraction of sp³-hybridized carbons (Fsp3) is 0.148. The molecule has 0 bridgehead atoms. The van der Waals surface area contributed by atoms with E-state index in [-0.39, 0.29) is 28.4 Å². The van der Waals surface area contributed by atoms with Crippen molar-refractivity contribution in [2.45, 2.75) is 19.0 Å². The van der Waals surface area contributed by atoms with E-state index in [0.717, 1.165) is 23.9 Å². The first kappa shape index (κ1) is 25.9. The van der Waals surface area contributed by atoms with E-state index in [9.17, 15) is 28.0 Å². The highest BCUT2D eigenvalue weighted by Gasteiger charge is 2.37. The first-order valence-corrected chi connectivity index (χ1v) is 12.0. The zero-order valence-electron chi connectivity index (χ0n) is 19.4. The number of furan rings is 1. The Labute approximate surface area is 214 Å². The third-order valence-corrected chi connectivity index (χ3v) is 6.63. The quantitative estimate of drug-likeness (QED) is 0.356. The van der Waals surface area contributed by atoms with Gasteiger partial charge in [0.25, 0.3) is 5.91 Å². The number of amides is 1. The summed E-state index contributed by atoms with van der Waals surface area (Å²) < 4.78 is 44.9. The summed E-state index contributed by atoms with van der Waals surface area (Å²) in [4.78, 5) is 26.0. The van der Waals surface area contributed by atoms with Crippen LogP contribution >= 0.6 is 11.8 Å². The summed E-state index contributed by atoms with van der Waals surface area (Å²) in [5.41, 5.74) is 0.220. The smallest absolute Gasteiger partial charge is 0.416 e. The van der Waals surface area contributed by atoms with Crippen molar-refractivity contribution in [2.75, 3.05) is 11.1 Å². The molecule has 188 valence electrons. The average molecular weight is 524 g/mol. The number of rotatable bonds is 7. The van der Waals surface area contributed by atoms with E-state index in [4.69, 9.17) is 4.42 Å². The minimum atomic E-state index is -4.57. The summed E-state index contributed by atoms with van der Waals surface area (Å²) in [7, 11) is 0. The molecule has 4 rings (SSSR count). The number of hydrogen-bond acceptors (Lipinski definition) is 6. The van der Waals surface area contributed by atoms with Gasteiger partial charge in [0.05, 0.1) is 45.7 Å². The monoisotopic (exact) mass is 523 g/mol. The second-order valence-electron chi connectivity index (χ2n) is 8.08. The Kier molecular flexibility index (Phi) is 7.55. The molecule has 3 aromatic rings. The zero-order chi connectivity index (χ0) is 26.6. The Hall–Kier alpha value is -4.23. The summed E-state index contributed by atoms with van der Waals surface area (Å²) in [5.74, 6) is -1.41. The lowest BCUT2D eigenvalue weighted by atomic mass is 9.85. The minimum absolute atomic E-state index is 0.0431. The van der Waals surface area contributed by atoms with E-state index in [1.807, 2.05) is 0 Å². The number of nitrogens with one attached hydrogen (secondary N) is 2. The second kappa shape index (κ2) is 10.8. The summed E-state index contributed by atoms with van der Waals surface area (Å²) in [5, 5.41) is 16.0. The highest BCUT2D eigenvalue weighted by Crippen LogP contribution is 2.41. The predicted octanol–water partition coefficient (Wildman–Crippen LogP) is 6.25. The number of alkyl halides is 3. The summed E-state index contributed by atoms with van der Waals surface area (Å²) >= 11 is 1.12. The van der Waals surface area contributed by atoms with Crippen molar-refractivity contribution in [3.8, 4) is 6.07 Å². The number of Topliss-reactive ketones (excluding diaryl/α,β-unsaturated/α-hetero) is 1. The topological polar surface area (TPSA) is 95.1 Å². The zero-order valence-corrected chi connectivity index (χ0v) is 20.2. The molecule has 0 saturated carbocycles. The van der Waals surface area contributed by atoms with Gasteiger partial charge >= 0.3 is 6.18 Å². The van der Waals surface area contributed by atoms with Crippen molar-refractivity contribution >= 4 is 29.1 Å². The first-order chi connectivity index (χ1) is 17.7. The Morgan fingerprint density at radius 2 is 1.86 bits per heavy atom. The Morgan fingerprint density at radius 1 is 1.11 bits per heavy atom. The second-order valence-corrected chi connectivity index (χ2v) is 9.06. The SMILES string of the molecule is CC1=C(C(=O)Nc2cccc(C(F)(F)F)c2)[C@@H](c2ccco2)C(C#N)=C(SCC(=O)c2ccccc2)N1. The Balaban J connectivity index is 1.64. The molecule has 10 heteroatoms. The molecule has 0 radical (unpaired) electrons. The number of ketones is 1. The fourth-order valence-corrected chi connectivity index (χ4v) is 4.87. The van der Waals surface area contributed by atoms with Crippen LogP contribution in [0.2, 0.25) is 0 Å². The molecule has 1 atom stereocenters. The van der Waals surface area contributed by atoms with Gasteiger partial charge in [-0.3, -0.25) is 9.59 Å². The average Bonchev–Trinajstić information content (AvgIpc) is 3.41. The molecule has 0 aliphatic carbocycles. The van der Waals surface area contributed by atoms with Crippen LogP contribution in [-0.4, -0.2) is 17.4 Å². The standard InChI is InChI=1S/C27H20F3N3O3S/c1-16-23(25(35)33-19-10-5-9-18(13-19)27(28,29)30)24(22-11-6-12-36-22)20(14-31)26(32-16)37-15-21(34)17-7-3-2-4-8-17/h2-13,24,32H,15H2,1H3,(H,33,35)/t24-/m1/s1. The minimum Gasteiger partial charge on any atom is -0.468 e. The van der Waals surface area contributed by atoms with E-state index in [0.29, 0.717) is 22.0 Å². The highest BCUT2D eigenvalue weighted by molar-refractivity contribution is 8.03. The maximum Gasteiger partial charge on any atom is 0.416 e. The van der Waals surface area contributed by atoms with Crippen molar-refractivity contribution in [1.82, 2.24) is 5.32 Å². The number of benzene rings is 2. The number of thioether (sulfide) groups is 1. The van der Waals surface area contributed by atoms with E-state index in [1.165, 1.54) is 18.4 Å². The van der Waals surface area contributed by atoms with Gasteiger partial charge in [0.1, 0.15) is 5.76 Å². The number of carbonyl (C=O) groups excluding carboxylic acids is 2. The van der Waals surface area contributed by atoms with E-state index in [2.05, 4.69) is 16.7 Å². The van der Waals surface area contributed by atoms with Crippen molar-refractivity contribution < 1.29 is 27.2 Å². The number of nitriles is 1. The predicted molar refractivity (Wildman–Crippen MR) is 133 cm³/mol. The number of carbonyl (C=O) groups is 2. The maximum absolute atomic E-state index is 13.3. The molecule has 0 saturated heterocycles. The van der Waals surface area contributed by atoms with E-state index >= 15 is 0 Å². The summed E-state index contributed by atoms with van der Waals surface area (Å²) in [6.45, 7) is 1.62. The molecule has 2 N–H and O–H groups in total. The number of dihydropyridines is 1. The molecule has 6 nitrogen and oxygen atoms in total. The lowest BCUT2D eigenvalue weighted by Crippen LogP contribution is -2.30. The largest absolute Gasteiger partial charge is 0.468 e. The van der Waals surface area contributed by atoms with E-state index in [1.54, 1.807) is 49.4 Å². The molecule has 1 aliphatic rings. The molecule has 1 amide bonds. The lowest BCUT2D eigenvalue weighted by molar-refractivity contribution is -0.137. The third kappa shape index (κ3) is 5.78. The van der Waals surface area contributed by atoms with Gasteiger partial charge in [0.15, 0.2) is 5.78 Å². The number of anilines is 1. The van der Waals surface area contributed by atoms with Gasteiger partial charge in [-0.25, -0.2) is 0 Å². The normalized spacial score (nSPS) is 15.7. The Morgan fingerprint density at radius 3 is 2.51 bits per heavy atom. The van der Waals surface area contributed by atoms with Crippen LogP contribution in [0.25, 0.3) is 0 Å². The van der Waals surface area contributed by atoms with Crippen LogP contribution in [0.1, 0.15) is 34.5 Å². The molecule has 1 aliphatic heterocycles. The fourth-order valence-electron chi connectivity index (χ4n) is 3.88. The van der Waals surface area contributed by atoms with Crippen LogP contribution in [0.5, 0.6) is 0 Å². The third-order valence-electron chi connectivity index (χ3n) is 5.61. The van der Waals surface area contributed by atoms with Gasteiger partial charge in [0.2, 0.25) is 0 Å². The van der Waals surface area contributed by atoms with Gasteiger partial charge in [-0.1, -0.05) is 48.2 Å². The molecule has 0 unspecified atom stereocenters. The van der Waals surface area contributed by atoms with Crippen molar-refractivity contribution in [1.29, 1.82) is 5.26 Å². The van der Waals surface area contributed by atoms with Crippen molar-refractivity contribution in [3.63, 3.8) is 0 Å². The lowest BCUT2D eigenvalue weighted by Gasteiger charge is -2.28. The van der Waals surface area contributed by atoms with Gasteiger partial charge in [0, 0.05) is 16.9 Å². The van der Waals surface area contributed by atoms with Gasteiger partial charge in [-0.05, 0) is 37.3 Å². The van der Waals surface area contributed by atoms with Crippen LogP contribution in [0.4, 0.5) is 18.9 Å². The molecule has 2 heterocycles. The molecule has 0 spiro atoms. The van der Waals surface area contributed by atoms with Crippen LogP contribution in [-0.2, 0) is 11.0 Å². The molecule has 0 fully saturated rings. The number of hydrogen-bond donors (Lipinski definition) is 2. The molecular weight excluding hydrogens is 503 g/mol. The maximum atomic E-state index is 13.3. The molecule has 37 heavy (non-hydrogen) atoms. The summed E-state index contributed by atoms with van der Waals surface area (Å²) in [6.07, 6.45) is -3.17. The molecule has 2 aromatic carbocycles. The van der Waals surface area contributed by atoms with Crippen molar-refractivity contribution in [3.05, 3.63) is 112 Å². The van der Waals surface area contributed by atoms with Crippen LogP contribution in [0.15, 0.2) is 99.3 Å². The molecular formula is C27H20F3N3O3S. The van der Waals surface area contributed by atoms with Gasteiger partial charge < -0.3 is 15.1 Å². The Bertz CT molecular complexity index is 1420. The molecule has 1 aromatic heterocycles. The number of halogens is 3. The highest BCUT2D eigenvalue weighted by atomic mass is 32.2. The van der Waals surface area contributed by atoms with Gasteiger partial charge in [-0.15, -0.1) is 0 Å². The van der Waals surface area contributed by atoms with Crippen molar-refractivity contribution in [2.24, 2.45) is 0 Å². The van der Waals surface area contributed by atoms with Gasteiger partial charge in [-0.2, -0.15) is 18.4 Å². The first-order valence-electron chi connectivity index (χ1n) is 11.0. The van der Waals surface area contributed by atoms with Crippen LogP contribution in [0.3, 0.4) is 0 Å². The van der Waals surface area contributed by atoms with E-state index < -0.39 is 23.6 Å². The van der Waals surface area contributed by atoms with Crippen LogP contribution < -0.4 is 10.6 Å². The number of allylic oxidation sites excluding steroid dienone is 2. The summed E-state index contributed by atoms with van der Waals surface area (Å²) in [6, 6.07) is 18.3.